The van der Waals surface area contributed by atoms with Crippen molar-refractivity contribution >= 4 is 17.4 Å². The Bertz CT molecular complexity index is 844. The summed E-state index contributed by atoms with van der Waals surface area (Å²) in [7, 11) is 1.61. The lowest BCUT2D eigenvalue weighted by Crippen LogP contribution is -2.38. The Balaban J connectivity index is 1.53. The molecular formula is C24H35ClN4O3. The Hall–Kier alpha value is -2.25. The zero-order valence-electron chi connectivity index (χ0n) is 19.4. The zero-order chi connectivity index (χ0) is 22.8. The number of ether oxygens (including phenoxy) is 3. The van der Waals surface area contributed by atoms with Gasteiger partial charge >= 0.3 is 0 Å². The van der Waals surface area contributed by atoms with Gasteiger partial charge in [0, 0.05) is 25.7 Å². The fourth-order valence-electron chi connectivity index (χ4n) is 3.86. The molecule has 7 nitrogen and oxygen atoms in total. The van der Waals surface area contributed by atoms with E-state index in [4.69, 9.17) is 25.8 Å². The highest BCUT2D eigenvalue weighted by atomic mass is 35.5. The van der Waals surface area contributed by atoms with E-state index in [1.165, 1.54) is 18.4 Å². The predicted octanol–water partition coefficient (Wildman–Crippen LogP) is 5.18. The summed E-state index contributed by atoms with van der Waals surface area (Å²) >= 11 is 5.95. The number of aromatic nitrogens is 2. The van der Waals surface area contributed by atoms with Crippen LogP contribution in [0.3, 0.4) is 0 Å². The smallest absolute Gasteiger partial charge is 0.224 e. The number of unbranched alkanes of at least 4 members (excludes halogenated alkanes) is 2. The molecule has 0 atom stereocenters. The topological polar surface area (TPSA) is 68.7 Å². The zero-order valence-corrected chi connectivity index (χ0v) is 20.2. The molecule has 8 heteroatoms. The van der Waals surface area contributed by atoms with E-state index in [0.29, 0.717) is 24.2 Å². The Kier molecular flexibility index (Phi) is 9.68. The van der Waals surface area contributed by atoms with Gasteiger partial charge in [-0.3, -0.25) is 4.90 Å². The monoisotopic (exact) mass is 462 g/mol. The molecule has 1 N–H and O–H groups in total. The maximum atomic E-state index is 5.96. The van der Waals surface area contributed by atoms with E-state index in [-0.39, 0.29) is 5.28 Å². The van der Waals surface area contributed by atoms with Gasteiger partial charge in [-0.1, -0.05) is 25.8 Å². The summed E-state index contributed by atoms with van der Waals surface area (Å²) in [5, 5.41) is 3.68. The number of rotatable bonds is 12. The van der Waals surface area contributed by atoms with Gasteiger partial charge in [0.05, 0.1) is 26.5 Å². The van der Waals surface area contributed by atoms with Crippen LogP contribution in [0.5, 0.6) is 17.2 Å². The highest BCUT2D eigenvalue weighted by Gasteiger charge is 2.21. The van der Waals surface area contributed by atoms with Gasteiger partial charge < -0.3 is 19.5 Å². The normalized spacial score (nSPS) is 14.9. The van der Waals surface area contributed by atoms with Crippen LogP contribution in [0, 0.1) is 0 Å². The van der Waals surface area contributed by atoms with Gasteiger partial charge in [-0.25, -0.2) is 4.98 Å². The SMILES string of the molecule is CCCCCOc1ccc(CN2CCC(Nc3nc(Cl)ncc3OC)CC2)cc1OCC. The van der Waals surface area contributed by atoms with Crippen molar-refractivity contribution < 1.29 is 14.2 Å². The van der Waals surface area contributed by atoms with Gasteiger partial charge in [-0.2, -0.15) is 4.98 Å². The average molecular weight is 463 g/mol. The minimum absolute atomic E-state index is 0.216. The fraction of sp³-hybridized carbons (Fsp3) is 0.583. The third-order valence-corrected chi connectivity index (χ3v) is 5.78. The number of piperidine rings is 1. The Labute approximate surface area is 196 Å². The summed E-state index contributed by atoms with van der Waals surface area (Å²) in [6, 6.07) is 6.64. The molecule has 2 heterocycles. The van der Waals surface area contributed by atoms with Gasteiger partial charge in [-0.05, 0) is 55.5 Å². The molecule has 2 aromatic rings. The van der Waals surface area contributed by atoms with Crippen molar-refractivity contribution in [2.24, 2.45) is 0 Å². The Morgan fingerprint density at radius 2 is 1.91 bits per heavy atom. The molecule has 0 radical (unpaired) electrons. The first kappa shape index (κ1) is 24.4. The molecular weight excluding hydrogens is 428 g/mol. The van der Waals surface area contributed by atoms with Crippen LogP contribution in [0.1, 0.15) is 51.5 Å². The summed E-state index contributed by atoms with van der Waals surface area (Å²) in [5.41, 5.74) is 1.24. The van der Waals surface area contributed by atoms with Crippen LogP contribution in [-0.4, -0.2) is 54.3 Å². The molecule has 1 aliphatic rings. The van der Waals surface area contributed by atoms with Gasteiger partial charge in [-0.15, -0.1) is 0 Å². The van der Waals surface area contributed by atoms with Crippen molar-refractivity contribution in [3.63, 3.8) is 0 Å². The molecule has 32 heavy (non-hydrogen) atoms. The highest BCUT2D eigenvalue weighted by Crippen LogP contribution is 2.30. The Morgan fingerprint density at radius 3 is 2.62 bits per heavy atom. The molecule has 3 rings (SSSR count). The van der Waals surface area contributed by atoms with Crippen LogP contribution >= 0.6 is 11.6 Å². The molecule has 0 spiro atoms. The number of nitrogens with zero attached hydrogens (tertiary/aromatic N) is 3. The van der Waals surface area contributed by atoms with Gasteiger partial charge in [0.1, 0.15) is 0 Å². The predicted molar refractivity (Wildman–Crippen MR) is 128 cm³/mol. The van der Waals surface area contributed by atoms with E-state index in [9.17, 15) is 0 Å². The second-order valence-electron chi connectivity index (χ2n) is 8.02. The van der Waals surface area contributed by atoms with Gasteiger partial charge in [0.2, 0.25) is 5.28 Å². The maximum absolute atomic E-state index is 5.96. The van der Waals surface area contributed by atoms with Crippen LogP contribution in [0.15, 0.2) is 24.4 Å². The summed E-state index contributed by atoms with van der Waals surface area (Å²) in [5.74, 6) is 2.94. The lowest BCUT2D eigenvalue weighted by Gasteiger charge is -2.33. The summed E-state index contributed by atoms with van der Waals surface area (Å²) < 4.78 is 17.1. The van der Waals surface area contributed by atoms with Crippen LogP contribution < -0.4 is 19.5 Å². The number of likely N-dealkylation sites (tertiary alicyclic amines) is 1. The maximum Gasteiger partial charge on any atom is 0.224 e. The molecule has 0 saturated carbocycles. The lowest BCUT2D eigenvalue weighted by molar-refractivity contribution is 0.210. The van der Waals surface area contributed by atoms with Crippen LogP contribution in [0.2, 0.25) is 5.28 Å². The van der Waals surface area contributed by atoms with E-state index in [2.05, 4.69) is 39.2 Å². The first-order chi connectivity index (χ1) is 15.6. The number of halogens is 1. The Morgan fingerprint density at radius 1 is 1.09 bits per heavy atom. The van der Waals surface area contributed by atoms with E-state index in [1.807, 2.05) is 13.0 Å². The van der Waals surface area contributed by atoms with Gasteiger partial charge in [0.15, 0.2) is 23.1 Å². The highest BCUT2D eigenvalue weighted by molar-refractivity contribution is 6.28. The molecule has 1 aromatic heterocycles. The standard InChI is InChI=1S/C24H35ClN4O3/c1-4-6-7-14-32-20-9-8-18(15-21(20)31-5-2)17-29-12-10-19(11-13-29)27-23-22(30-3)16-26-24(25)28-23/h8-9,15-16,19H,4-7,10-14,17H2,1-3H3,(H,26,27,28). The van der Waals surface area contributed by atoms with Crippen molar-refractivity contribution in [2.75, 3.05) is 38.7 Å². The van der Waals surface area contributed by atoms with Crippen molar-refractivity contribution in [3.8, 4) is 17.2 Å². The van der Waals surface area contributed by atoms with Crippen molar-refractivity contribution in [2.45, 2.75) is 58.5 Å². The van der Waals surface area contributed by atoms with E-state index in [1.54, 1.807) is 13.3 Å². The molecule has 1 fully saturated rings. The fourth-order valence-corrected chi connectivity index (χ4v) is 3.99. The number of hydrogen-bond acceptors (Lipinski definition) is 7. The third kappa shape index (κ3) is 7.14. The lowest BCUT2D eigenvalue weighted by atomic mass is 10.0. The third-order valence-electron chi connectivity index (χ3n) is 5.59. The molecule has 1 aromatic carbocycles. The number of anilines is 1. The summed E-state index contributed by atoms with van der Waals surface area (Å²) in [4.78, 5) is 10.7. The minimum atomic E-state index is 0.216. The average Bonchev–Trinajstić information content (AvgIpc) is 2.80. The van der Waals surface area contributed by atoms with Crippen molar-refractivity contribution in [3.05, 3.63) is 35.2 Å². The van der Waals surface area contributed by atoms with Gasteiger partial charge in [0.25, 0.3) is 0 Å². The van der Waals surface area contributed by atoms with Crippen molar-refractivity contribution in [1.82, 2.24) is 14.9 Å². The first-order valence-electron chi connectivity index (χ1n) is 11.6. The van der Waals surface area contributed by atoms with Crippen LogP contribution in [-0.2, 0) is 6.54 Å². The summed E-state index contributed by atoms with van der Waals surface area (Å²) in [6.07, 6.45) is 7.07. The number of hydrogen-bond donors (Lipinski definition) is 1. The van der Waals surface area contributed by atoms with E-state index in [0.717, 1.165) is 57.0 Å². The van der Waals surface area contributed by atoms with E-state index < -0.39 is 0 Å². The molecule has 0 bridgehead atoms. The second kappa shape index (κ2) is 12.7. The number of methoxy groups -OCH3 is 1. The quantitative estimate of drug-likeness (QED) is 0.344. The molecule has 0 amide bonds. The van der Waals surface area contributed by atoms with Crippen molar-refractivity contribution in [1.29, 1.82) is 0 Å². The molecule has 1 saturated heterocycles. The van der Waals surface area contributed by atoms with Crippen LogP contribution in [0.4, 0.5) is 5.82 Å². The number of nitrogens with one attached hydrogen (secondary N) is 1. The molecule has 0 unspecified atom stereocenters. The number of benzene rings is 1. The molecule has 1 aliphatic heterocycles. The minimum Gasteiger partial charge on any atom is -0.491 e. The second-order valence-corrected chi connectivity index (χ2v) is 8.36. The first-order valence-corrected chi connectivity index (χ1v) is 11.9. The molecule has 176 valence electrons. The van der Waals surface area contributed by atoms with E-state index >= 15 is 0 Å². The van der Waals surface area contributed by atoms with Crippen LogP contribution in [0.25, 0.3) is 0 Å². The largest absolute Gasteiger partial charge is 0.491 e. The summed E-state index contributed by atoms with van der Waals surface area (Å²) in [6.45, 7) is 8.45. The molecule has 0 aliphatic carbocycles.